The van der Waals surface area contributed by atoms with Crippen LogP contribution in [0.4, 0.5) is 13.2 Å². The second kappa shape index (κ2) is 13.4. The number of nitrogens with one attached hydrogen (secondary N) is 2. The zero-order valence-corrected chi connectivity index (χ0v) is 15.4. The summed E-state index contributed by atoms with van der Waals surface area (Å²) in [5.41, 5.74) is 0. The highest BCUT2D eigenvalue weighted by molar-refractivity contribution is 14.0. The van der Waals surface area contributed by atoms with E-state index in [1.165, 1.54) is 0 Å². The van der Waals surface area contributed by atoms with Crippen molar-refractivity contribution in [2.24, 2.45) is 4.99 Å². The van der Waals surface area contributed by atoms with Crippen molar-refractivity contribution in [3.63, 3.8) is 0 Å². The average Bonchev–Trinajstić information content (AvgIpc) is 2.34. The molecule has 0 aliphatic heterocycles. The average molecular weight is 424 g/mol. The monoisotopic (exact) mass is 424 g/mol. The molecule has 0 aromatic carbocycles. The second-order valence-electron chi connectivity index (χ2n) is 4.71. The summed E-state index contributed by atoms with van der Waals surface area (Å²) in [6.07, 6.45) is -2.74. The number of hydrogen-bond donors (Lipinski definition) is 2. The van der Waals surface area contributed by atoms with E-state index in [0.29, 0.717) is 19.0 Å². The standard InChI is InChI=1S/C13H27F3N4.HI/c1-4-6-10-20(3)11-9-19-12(17-5-2)18-8-7-13(14,15)16;/h4-11H2,1-3H3,(H2,17,18,19);1H. The molecule has 4 nitrogen and oxygen atoms in total. The van der Waals surface area contributed by atoms with Crippen LogP contribution in [-0.4, -0.2) is 56.8 Å². The molecule has 0 atom stereocenters. The number of aliphatic imine (C=N–C) groups is 1. The van der Waals surface area contributed by atoms with Gasteiger partial charge in [-0.2, -0.15) is 13.2 Å². The molecule has 0 saturated carbocycles. The molecule has 0 aliphatic rings. The largest absolute Gasteiger partial charge is 0.390 e. The Bertz CT molecular complexity index is 273. The van der Waals surface area contributed by atoms with Crippen LogP contribution in [0, 0.1) is 0 Å². The zero-order valence-electron chi connectivity index (χ0n) is 13.1. The predicted octanol–water partition coefficient (Wildman–Crippen LogP) is 2.84. The van der Waals surface area contributed by atoms with E-state index in [4.69, 9.17) is 0 Å². The third kappa shape index (κ3) is 16.0. The quantitative estimate of drug-likeness (QED) is 0.340. The van der Waals surface area contributed by atoms with E-state index < -0.39 is 12.6 Å². The summed E-state index contributed by atoms with van der Waals surface area (Å²) >= 11 is 0. The van der Waals surface area contributed by atoms with Crippen molar-refractivity contribution in [3.8, 4) is 0 Å². The Hall–Kier alpha value is -0.250. The molecule has 21 heavy (non-hydrogen) atoms. The number of rotatable bonds is 9. The smallest absolute Gasteiger partial charge is 0.357 e. The number of alkyl halides is 3. The van der Waals surface area contributed by atoms with Gasteiger partial charge in [0.05, 0.1) is 13.0 Å². The van der Waals surface area contributed by atoms with Gasteiger partial charge < -0.3 is 15.5 Å². The summed E-state index contributed by atoms with van der Waals surface area (Å²) in [6.45, 7) is 6.94. The summed E-state index contributed by atoms with van der Waals surface area (Å²) in [5, 5.41) is 5.98. The molecule has 0 fully saturated rings. The third-order valence-corrected chi connectivity index (χ3v) is 2.69. The van der Waals surface area contributed by atoms with E-state index in [1.807, 2.05) is 14.0 Å². The minimum Gasteiger partial charge on any atom is -0.357 e. The molecule has 2 N–H and O–H groups in total. The Kier molecular flexibility index (Phi) is 14.7. The topological polar surface area (TPSA) is 39.7 Å². The molecule has 0 aliphatic carbocycles. The van der Waals surface area contributed by atoms with Crippen molar-refractivity contribution < 1.29 is 13.2 Å². The lowest BCUT2D eigenvalue weighted by Gasteiger charge is -2.18. The summed E-state index contributed by atoms with van der Waals surface area (Å²) in [6, 6.07) is 0. The van der Waals surface area contributed by atoms with Crippen LogP contribution in [0.1, 0.15) is 33.1 Å². The summed E-state index contributed by atoms with van der Waals surface area (Å²) in [7, 11) is 2.03. The summed E-state index contributed by atoms with van der Waals surface area (Å²) in [4.78, 5) is 6.10. The molecule has 0 bridgehead atoms. The summed E-state index contributed by atoms with van der Waals surface area (Å²) in [5.74, 6) is 0.445. The SMILES string of the molecule is CCCCN(C)CCNC(=NCCC(F)(F)F)NCC.I. The molecule has 0 amide bonds. The van der Waals surface area contributed by atoms with E-state index in [1.54, 1.807) is 0 Å². The highest BCUT2D eigenvalue weighted by atomic mass is 127. The fourth-order valence-electron chi connectivity index (χ4n) is 1.54. The molecule has 0 rings (SSSR count). The van der Waals surface area contributed by atoms with Crippen LogP contribution in [0.15, 0.2) is 4.99 Å². The molecule has 0 saturated heterocycles. The lowest BCUT2D eigenvalue weighted by Crippen LogP contribution is -2.41. The van der Waals surface area contributed by atoms with E-state index in [-0.39, 0.29) is 30.5 Å². The molecule has 0 radical (unpaired) electrons. The molecule has 0 unspecified atom stereocenters. The number of likely N-dealkylation sites (N-methyl/N-ethyl adjacent to an activating group) is 1. The number of halogens is 4. The first-order valence-electron chi connectivity index (χ1n) is 7.16. The molecule has 0 aromatic rings. The van der Waals surface area contributed by atoms with Crippen LogP contribution < -0.4 is 10.6 Å². The first kappa shape index (κ1) is 23.0. The van der Waals surface area contributed by atoms with Crippen molar-refractivity contribution >= 4 is 29.9 Å². The molecule has 0 aromatic heterocycles. The van der Waals surface area contributed by atoms with Gasteiger partial charge in [0.15, 0.2) is 5.96 Å². The maximum absolute atomic E-state index is 12.1. The van der Waals surface area contributed by atoms with Crippen molar-refractivity contribution in [3.05, 3.63) is 0 Å². The Labute approximate surface area is 143 Å². The zero-order chi connectivity index (χ0) is 15.4. The molecule has 0 spiro atoms. The number of guanidine groups is 1. The fourth-order valence-corrected chi connectivity index (χ4v) is 1.54. The lowest BCUT2D eigenvalue weighted by atomic mass is 10.3. The van der Waals surface area contributed by atoms with Gasteiger partial charge in [0.1, 0.15) is 0 Å². The molecule has 128 valence electrons. The highest BCUT2D eigenvalue weighted by Crippen LogP contribution is 2.18. The van der Waals surface area contributed by atoms with E-state index in [2.05, 4.69) is 27.4 Å². The van der Waals surface area contributed by atoms with Crippen molar-refractivity contribution in [2.75, 3.05) is 39.8 Å². The molecular formula is C13H28F3IN4. The van der Waals surface area contributed by atoms with Gasteiger partial charge in [-0.3, -0.25) is 4.99 Å². The van der Waals surface area contributed by atoms with E-state index in [0.717, 1.165) is 25.9 Å². The van der Waals surface area contributed by atoms with Gasteiger partial charge in [-0.05, 0) is 26.9 Å². The Morgan fingerprint density at radius 3 is 2.33 bits per heavy atom. The van der Waals surface area contributed by atoms with Gasteiger partial charge in [-0.1, -0.05) is 13.3 Å². The van der Waals surface area contributed by atoms with Gasteiger partial charge >= 0.3 is 6.18 Å². The van der Waals surface area contributed by atoms with E-state index >= 15 is 0 Å². The van der Waals surface area contributed by atoms with Crippen molar-refractivity contribution in [1.82, 2.24) is 15.5 Å². The maximum atomic E-state index is 12.1. The first-order chi connectivity index (χ1) is 9.39. The van der Waals surface area contributed by atoms with Crippen LogP contribution in [-0.2, 0) is 0 Å². The van der Waals surface area contributed by atoms with Crippen LogP contribution in [0.2, 0.25) is 0 Å². The Morgan fingerprint density at radius 2 is 1.81 bits per heavy atom. The Morgan fingerprint density at radius 1 is 1.14 bits per heavy atom. The Balaban J connectivity index is 0. The van der Waals surface area contributed by atoms with Gasteiger partial charge in [-0.25, -0.2) is 0 Å². The van der Waals surface area contributed by atoms with Crippen LogP contribution in [0.5, 0.6) is 0 Å². The molecule has 0 heterocycles. The van der Waals surface area contributed by atoms with Crippen molar-refractivity contribution in [1.29, 1.82) is 0 Å². The maximum Gasteiger partial charge on any atom is 0.390 e. The van der Waals surface area contributed by atoms with Crippen LogP contribution >= 0.6 is 24.0 Å². The van der Waals surface area contributed by atoms with Gasteiger partial charge in [0.25, 0.3) is 0 Å². The second-order valence-corrected chi connectivity index (χ2v) is 4.71. The predicted molar refractivity (Wildman–Crippen MR) is 92.5 cm³/mol. The summed E-state index contributed by atoms with van der Waals surface area (Å²) < 4.78 is 36.2. The number of nitrogens with zero attached hydrogens (tertiary/aromatic N) is 2. The van der Waals surface area contributed by atoms with Crippen LogP contribution in [0.25, 0.3) is 0 Å². The van der Waals surface area contributed by atoms with Gasteiger partial charge in [0.2, 0.25) is 0 Å². The molecule has 8 heteroatoms. The van der Waals surface area contributed by atoms with Gasteiger partial charge in [0, 0.05) is 19.6 Å². The number of hydrogen-bond acceptors (Lipinski definition) is 2. The third-order valence-electron chi connectivity index (χ3n) is 2.69. The van der Waals surface area contributed by atoms with E-state index in [9.17, 15) is 13.2 Å². The van der Waals surface area contributed by atoms with Crippen molar-refractivity contribution in [2.45, 2.75) is 39.3 Å². The fraction of sp³-hybridized carbons (Fsp3) is 0.923. The van der Waals surface area contributed by atoms with Gasteiger partial charge in [-0.15, -0.1) is 24.0 Å². The van der Waals surface area contributed by atoms with Crippen LogP contribution in [0.3, 0.4) is 0 Å². The first-order valence-corrected chi connectivity index (χ1v) is 7.16. The highest BCUT2D eigenvalue weighted by Gasteiger charge is 2.26. The normalized spacial score (nSPS) is 12.2. The minimum absolute atomic E-state index is 0. The minimum atomic E-state index is -4.15. The molecular weight excluding hydrogens is 396 g/mol. The lowest BCUT2D eigenvalue weighted by molar-refractivity contribution is -0.132. The number of unbranched alkanes of at least 4 members (excludes halogenated alkanes) is 1.